The van der Waals surface area contributed by atoms with Crippen LogP contribution in [0.1, 0.15) is 32.3 Å². The molecule has 3 N–H and O–H groups in total. The van der Waals surface area contributed by atoms with E-state index >= 15 is 0 Å². The smallest absolute Gasteiger partial charge is 0.102 e. The predicted molar refractivity (Wildman–Crippen MR) is 63.5 cm³/mol. The van der Waals surface area contributed by atoms with Crippen LogP contribution < -0.4 is 5.73 Å². The Morgan fingerprint density at radius 3 is 2.40 bits per heavy atom. The van der Waals surface area contributed by atoms with E-state index < -0.39 is 5.60 Å². The fourth-order valence-corrected chi connectivity index (χ4v) is 1.79. The van der Waals surface area contributed by atoms with Crippen LogP contribution in [0.4, 0.5) is 0 Å². The molecule has 2 atom stereocenters. The van der Waals surface area contributed by atoms with Crippen LogP contribution in [-0.4, -0.2) is 11.7 Å². The molecule has 0 saturated heterocycles. The number of aliphatic hydroxyl groups is 1. The summed E-state index contributed by atoms with van der Waals surface area (Å²) in [4.78, 5) is 0. The van der Waals surface area contributed by atoms with Gasteiger partial charge in [0.15, 0.2) is 0 Å². The van der Waals surface area contributed by atoms with Crippen LogP contribution >= 0.6 is 0 Å². The second kappa shape index (κ2) is 5.29. The first-order valence-corrected chi connectivity index (χ1v) is 5.60. The molecule has 0 aliphatic carbocycles. The van der Waals surface area contributed by atoms with Crippen LogP contribution in [0, 0.1) is 5.92 Å². The quantitative estimate of drug-likeness (QED) is 0.778. The summed E-state index contributed by atoms with van der Waals surface area (Å²) in [5, 5.41) is 10.5. The van der Waals surface area contributed by atoms with Crippen molar-refractivity contribution in [2.45, 2.75) is 32.3 Å². The molecule has 1 rings (SSSR count). The molecule has 2 heteroatoms. The highest BCUT2D eigenvalue weighted by atomic mass is 16.3. The molecule has 0 aliphatic rings. The summed E-state index contributed by atoms with van der Waals surface area (Å²) < 4.78 is 0. The largest absolute Gasteiger partial charge is 0.384 e. The third-order valence-corrected chi connectivity index (χ3v) is 3.03. The van der Waals surface area contributed by atoms with E-state index in [4.69, 9.17) is 5.73 Å². The molecule has 1 aromatic carbocycles. The first-order chi connectivity index (χ1) is 7.12. The maximum absolute atomic E-state index is 10.5. The summed E-state index contributed by atoms with van der Waals surface area (Å²) >= 11 is 0. The van der Waals surface area contributed by atoms with Gasteiger partial charge in [-0.3, -0.25) is 0 Å². The lowest BCUT2D eigenvalue weighted by molar-refractivity contribution is 0.0215. The van der Waals surface area contributed by atoms with Gasteiger partial charge in [0, 0.05) is 6.54 Å². The summed E-state index contributed by atoms with van der Waals surface area (Å²) in [6.07, 6.45) is 1.79. The van der Waals surface area contributed by atoms with Crippen LogP contribution in [0.5, 0.6) is 0 Å². The minimum Gasteiger partial charge on any atom is -0.384 e. The van der Waals surface area contributed by atoms with Crippen LogP contribution in [0.3, 0.4) is 0 Å². The number of rotatable bonds is 5. The van der Waals surface area contributed by atoms with Crippen molar-refractivity contribution in [1.82, 2.24) is 0 Å². The first-order valence-electron chi connectivity index (χ1n) is 5.60. The molecular formula is C13H21NO. The van der Waals surface area contributed by atoms with Gasteiger partial charge in [0.1, 0.15) is 5.60 Å². The average molecular weight is 207 g/mol. The van der Waals surface area contributed by atoms with Gasteiger partial charge in [-0.15, -0.1) is 0 Å². The van der Waals surface area contributed by atoms with Gasteiger partial charge in [0.2, 0.25) is 0 Å². The zero-order chi connectivity index (χ0) is 11.3. The molecule has 0 bridgehead atoms. The Kier molecular flexibility index (Phi) is 4.30. The molecule has 84 valence electrons. The third-order valence-electron chi connectivity index (χ3n) is 3.03. The fraction of sp³-hybridized carbons (Fsp3) is 0.538. The maximum Gasteiger partial charge on any atom is 0.102 e. The van der Waals surface area contributed by atoms with Gasteiger partial charge in [0.25, 0.3) is 0 Å². The highest BCUT2D eigenvalue weighted by molar-refractivity contribution is 5.22. The number of benzene rings is 1. The molecule has 0 fully saturated rings. The maximum atomic E-state index is 10.5. The van der Waals surface area contributed by atoms with Crippen LogP contribution in [0.25, 0.3) is 0 Å². The van der Waals surface area contributed by atoms with E-state index in [0.717, 1.165) is 18.4 Å². The molecular weight excluding hydrogens is 186 g/mol. The highest BCUT2D eigenvalue weighted by Crippen LogP contribution is 2.28. The van der Waals surface area contributed by atoms with Crippen molar-refractivity contribution >= 4 is 0 Å². The van der Waals surface area contributed by atoms with Gasteiger partial charge in [-0.05, 0) is 17.9 Å². The fourth-order valence-electron chi connectivity index (χ4n) is 1.79. The topological polar surface area (TPSA) is 46.2 Å². The Balaban J connectivity index is 2.85. The number of hydrogen-bond donors (Lipinski definition) is 2. The van der Waals surface area contributed by atoms with Crippen LogP contribution in [-0.2, 0) is 5.60 Å². The Labute approximate surface area is 92.1 Å². The first kappa shape index (κ1) is 12.2. The van der Waals surface area contributed by atoms with Gasteiger partial charge < -0.3 is 10.8 Å². The molecule has 0 aliphatic heterocycles. The van der Waals surface area contributed by atoms with E-state index in [1.54, 1.807) is 0 Å². The Morgan fingerprint density at radius 2 is 1.93 bits per heavy atom. The molecule has 0 saturated carbocycles. The minimum atomic E-state index is -0.864. The molecule has 2 unspecified atom stereocenters. The van der Waals surface area contributed by atoms with Crippen molar-refractivity contribution in [1.29, 1.82) is 0 Å². The Hall–Kier alpha value is -0.860. The molecule has 0 radical (unpaired) electrons. The lowest BCUT2D eigenvalue weighted by Crippen LogP contribution is -2.36. The van der Waals surface area contributed by atoms with E-state index in [1.165, 1.54) is 0 Å². The molecule has 0 spiro atoms. The van der Waals surface area contributed by atoms with Crippen molar-refractivity contribution in [3.63, 3.8) is 0 Å². The van der Waals surface area contributed by atoms with Gasteiger partial charge in [-0.2, -0.15) is 0 Å². The second-order valence-electron chi connectivity index (χ2n) is 4.32. The molecule has 0 amide bonds. The summed E-state index contributed by atoms with van der Waals surface area (Å²) in [5.74, 6) is 0.485. The number of nitrogens with two attached hydrogens (primary N) is 1. The molecule has 0 heterocycles. The molecule has 2 nitrogen and oxygen atoms in total. The zero-order valence-corrected chi connectivity index (χ0v) is 9.61. The molecule has 0 aromatic heterocycles. The summed E-state index contributed by atoms with van der Waals surface area (Å²) in [6, 6.07) is 9.70. The van der Waals surface area contributed by atoms with Crippen molar-refractivity contribution in [3.05, 3.63) is 35.9 Å². The normalized spacial score (nSPS) is 17.1. The van der Waals surface area contributed by atoms with Crippen molar-refractivity contribution < 1.29 is 5.11 Å². The summed E-state index contributed by atoms with van der Waals surface area (Å²) in [7, 11) is 0. The molecule has 1 aromatic rings. The Bertz CT molecular complexity index is 286. The standard InChI is InChI=1S/C13H21NO/c1-3-11(2)9-13(15,10-14)12-7-5-4-6-8-12/h4-8,11,15H,3,9-10,14H2,1-2H3. The second-order valence-corrected chi connectivity index (χ2v) is 4.32. The Morgan fingerprint density at radius 1 is 1.33 bits per heavy atom. The molecule has 15 heavy (non-hydrogen) atoms. The van der Waals surface area contributed by atoms with Gasteiger partial charge >= 0.3 is 0 Å². The highest BCUT2D eigenvalue weighted by Gasteiger charge is 2.28. The van der Waals surface area contributed by atoms with Crippen LogP contribution in [0.2, 0.25) is 0 Å². The summed E-state index contributed by atoms with van der Waals surface area (Å²) in [5.41, 5.74) is 5.75. The lowest BCUT2D eigenvalue weighted by atomic mass is 9.84. The van der Waals surface area contributed by atoms with Gasteiger partial charge in [-0.25, -0.2) is 0 Å². The van der Waals surface area contributed by atoms with Crippen LogP contribution in [0.15, 0.2) is 30.3 Å². The van der Waals surface area contributed by atoms with Crippen molar-refractivity contribution in [2.75, 3.05) is 6.54 Å². The number of hydrogen-bond acceptors (Lipinski definition) is 2. The minimum absolute atomic E-state index is 0.279. The third kappa shape index (κ3) is 3.05. The SMILES string of the molecule is CCC(C)CC(O)(CN)c1ccccc1. The van der Waals surface area contributed by atoms with Crippen molar-refractivity contribution in [2.24, 2.45) is 11.7 Å². The van der Waals surface area contributed by atoms with Gasteiger partial charge in [0.05, 0.1) is 0 Å². The lowest BCUT2D eigenvalue weighted by Gasteiger charge is -2.29. The monoisotopic (exact) mass is 207 g/mol. The van der Waals surface area contributed by atoms with E-state index in [0.29, 0.717) is 5.92 Å². The van der Waals surface area contributed by atoms with Gasteiger partial charge in [-0.1, -0.05) is 50.6 Å². The van der Waals surface area contributed by atoms with E-state index in [1.807, 2.05) is 30.3 Å². The summed E-state index contributed by atoms with van der Waals surface area (Å²) in [6.45, 7) is 4.55. The van der Waals surface area contributed by atoms with Crippen molar-refractivity contribution in [3.8, 4) is 0 Å². The average Bonchev–Trinajstić information content (AvgIpc) is 2.30. The van der Waals surface area contributed by atoms with E-state index in [2.05, 4.69) is 13.8 Å². The van der Waals surface area contributed by atoms with E-state index in [9.17, 15) is 5.11 Å². The van der Waals surface area contributed by atoms with E-state index in [-0.39, 0.29) is 6.54 Å². The predicted octanol–water partition coefficient (Wildman–Crippen LogP) is 2.27. The zero-order valence-electron chi connectivity index (χ0n) is 9.61.